The lowest BCUT2D eigenvalue weighted by atomic mass is 10.1. The highest BCUT2D eigenvalue weighted by atomic mass is 32.2. The smallest absolute Gasteiger partial charge is 0.335 e. The summed E-state index contributed by atoms with van der Waals surface area (Å²) in [5, 5.41) is 8.89. The van der Waals surface area contributed by atoms with Crippen LogP contribution in [0.5, 0.6) is 0 Å². The topological polar surface area (TPSA) is 74.7 Å². The van der Waals surface area contributed by atoms with E-state index in [2.05, 4.69) is 0 Å². The standard InChI is InChI=1S/C13H19NO4S/c1-3-8-14(4-2)19(17,18)10-11-6-5-7-12(9-11)13(15)16/h5-7,9H,3-4,8,10H2,1-2H3,(H,15,16). The van der Waals surface area contributed by atoms with Crippen molar-refractivity contribution in [1.82, 2.24) is 4.31 Å². The van der Waals surface area contributed by atoms with Crippen LogP contribution in [0.1, 0.15) is 36.2 Å². The molecular formula is C13H19NO4S. The largest absolute Gasteiger partial charge is 0.478 e. The monoisotopic (exact) mass is 285 g/mol. The van der Waals surface area contributed by atoms with E-state index in [0.717, 1.165) is 6.42 Å². The molecule has 0 aliphatic rings. The van der Waals surface area contributed by atoms with Crippen molar-refractivity contribution in [3.63, 3.8) is 0 Å². The third kappa shape index (κ3) is 4.33. The van der Waals surface area contributed by atoms with Crippen LogP contribution >= 0.6 is 0 Å². The molecule has 0 bridgehead atoms. The van der Waals surface area contributed by atoms with Crippen molar-refractivity contribution in [2.75, 3.05) is 13.1 Å². The van der Waals surface area contributed by atoms with Crippen LogP contribution in [0, 0.1) is 0 Å². The molecule has 0 amide bonds. The summed E-state index contributed by atoms with van der Waals surface area (Å²) in [7, 11) is -3.39. The highest BCUT2D eigenvalue weighted by Gasteiger charge is 2.20. The van der Waals surface area contributed by atoms with Crippen molar-refractivity contribution >= 4 is 16.0 Å². The number of aromatic carboxylic acids is 1. The lowest BCUT2D eigenvalue weighted by Gasteiger charge is -2.19. The van der Waals surface area contributed by atoms with Gasteiger partial charge in [0.2, 0.25) is 10.0 Å². The van der Waals surface area contributed by atoms with E-state index in [9.17, 15) is 13.2 Å². The molecule has 0 unspecified atom stereocenters. The summed E-state index contributed by atoms with van der Waals surface area (Å²) in [6.07, 6.45) is 0.752. The molecule has 1 aromatic rings. The SMILES string of the molecule is CCCN(CC)S(=O)(=O)Cc1cccc(C(=O)O)c1. The fourth-order valence-electron chi connectivity index (χ4n) is 1.84. The molecule has 0 aromatic heterocycles. The molecule has 5 nitrogen and oxygen atoms in total. The number of carboxylic acid groups (broad SMARTS) is 1. The van der Waals surface area contributed by atoms with E-state index in [1.165, 1.54) is 16.4 Å². The number of hydrogen-bond donors (Lipinski definition) is 1. The molecular weight excluding hydrogens is 266 g/mol. The molecule has 0 aliphatic carbocycles. The molecule has 1 aromatic carbocycles. The van der Waals surface area contributed by atoms with Gasteiger partial charge in [0.1, 0.15) is 0 Å². The molecule has 0 spiro atoms. The second-order valence-corrected chi connectivity index (χ2v) is 6.22. The first-order valence-electron chi connectivity index (χ1n) is 6.20. The van der Waals surface area contributed by atoms with E-state index < -0.39 is 16.0 Å². The van der Waals surface area contributed by atoms with Gasteiger partial charge < -0.3 is 5.11 Å². The minimum absolute atomic E-state index is 0.103. The second kappa shape index (κ2) is 6.68. The van der Waals surface area contributed by atoms with Crippen molar-refractivity contribution < 1.29 is 18.3 Å². The Kier molecular flexibility index (Phi) is 5.50. The Balaban J connectivity index is 2.94. The third-order valence-electron chi connectivity index (χ3n) is 2.74. The van der Waals surface area contributed by atoms with Gasteiger partial charge in [0, 0.05) is 13.1 Å². The summed E-state index contributed by atoms with van der Waals surface area (Å²) >= 11 is 0. The molecule has 0 heterocycles. The molecule has 0 radical (unpaired) electrons. The van der Waals surface area contributed by atoms with Crippen molar-refractivity contribution in [2.24, 2.45) is 0 Å². The summed E-state index contributed by atoms with van der Waals surface area (Å²) in [6, 6.07) is 6.04. The molecule has 0 saturated carbocycles. The van der Waals surface area contributed by atoms with Gasteiger partial charge in [0.15, 0.2) is 0 Å². The van der Waals surface area contributed by atoms with Gasteiger partial charge in [0.25, 0.3) is 0 Å². The predicted molar refractivity (Wildman–Crippen MR) is 73.6 cm³/mol. The summed E-state index contributed by atoms with van der Waals surface area (Å²) in [5.74, 6) is -1.22. The van der Waals surface area contributed by atoms with Crippen LogP contribution in [0.2, 0.25) is 0 Å². The number of carbonyl (C=O) groups is 1. The Hall–Kier alpha value is -1.40. The maximum atomic E-state index is 12.2. The maximum absolute atomic E-state index is 12.2. The summed E-state index contributed by atoms with van der Waals surface area (Å²) < 4.78 is 25.8. The van der Waals surface area contributed by atoms with Crippen LogP contribution in [0.3, 0.4) is 0 Å². The number of rotatable bonds is 7. The van der Waals surface area contributed by atoms with Gasteiger partial charge in [-0.25, -0.2) is 17.5 Å². The normalized spacial score (nSPS) is 11.7. The van der Waals surface area contributed by atoms with E-state index in [-0.39, 0.29) is 11.3 Å². The average Bonchev–Trinajstić information content (AvgIpc) is 2.35. The Morgan fingerprint density at radius 2 is 2.00 bits per heavy atom. The van der Waals surface area contributed by atoms with Gasteiger partial charge in [-0.3, -0.25) is 0 Å². The van der Waals surface area contributed by atoms with E-state index in [0.29, 0.717) is 18.7 Å². The summed E-state index contributed by atoms with van der Waals surface area (Å²) in [6.45, 7) is 4.62. The minimum atomic E-state index is -3.39. The molecule has 1 rings (SSSR count). The van der Waals surface area contributed by atoms with E-state index in [1.807, 2.05) is 6.92 Å². The van der Waals surface area contributed by atoms with Gasteiger partial charge in [-0.1, -0.05) is 26.0 Å². The van der Waals surface area contributed by atoms with Gasteiger partial charge in [-0.15, -0.1) is 0 Å². The Bertz CT molecular complexity index is 539. The van der Waals surface area contributed by atoms with Gasteiger partial charge in [0.05, 0.1) is 11.3 Å². The lowest BCUT2D eigenvalue weighted by Crippen LogP contribution is -2.32. The zero-order valence-electron chi connectivity index (χ0n) is 11.2. The Morgan fingerprint density at radius 3 is 2.53 bits per heavy atom. The third-order valence-corrected chi connectivity index (χ3v) is 4.67. The molecule has 106 valence electrons. The molecule has 0 saturated heterocycles. The predicted octanol–water partition coefficient (Wildman–Crippen LogP) is 1.95. The molecule has 0 fully saturated rings. The maximum Gasteiger partial charge on any atom is 0.335 e. The number of benzene rings is 1. The lowest BCUT2D eigenvalue weighted by molar-refractivity contribution is 0.0696. The van der Waals surface area contributed by atoms with Gasteiger partial charge in [-0.05, 0) is 24.1 Å². The van der Waals surface area contributed by atoms with Crippen molar-refractivity contribution in [3.05, 3.63) is 35.4 Å². The fourth-order valence-corrected chi connectivity index (χ4v) is 3.48. The first kappa shape index (κ1) is 15.7. The highest BCUT2D eigenvalue weighted by Crippen LogP contribution is 2.13. The van der Waals surface area contributed by atoms with Crippen LogP contribution in [-0.2, 0) is 15.8 Å². The van der Waals surface area contributed by atoms with Crippen LogP contribution in [0.25, 0.3) is 0 Å². The Morgan fingerprint density at radius 1 is 1.32 bits per heavy atom. The highest BCUT2D eigenvalue weighted by molar-refractivity contribution is 7.88. The first-order valence-corrected chi connectivity index (χ1v) is 7.81. The summed E-state index contributed by atoms with van der Waals surface area (Å²) in [5.41, 5.74) is 0.598. The number of nitrogens with zero attached hydrogens (tertiary/aromatic N) is 1. The molecule has 19 heavy (non-hydrogen) atoms. The fraction of sp³-hybridized carbons (Fsp3) is 0.462. The van der Waals surface area contributed by atoms with Crippen molar-refractivity contribution in [1.29, 1.82) is 0 Å². The van der Waals surface area contributed by atoms with Crippen LogP contribution in [0.15, 0.2) is 24.3 Å². The Labute approximate surface area is 113 Å². The van der Waals surface area contributed by atoms with Crippen LogP contribution in [0.4, 0.5) is 0 Å². The average molecular weight is 285 g/mol. The number of sulfonamides is 1. The molecule has 1 N–H and O–H groups in total. The number of carboxylic acids is 1. The van der Waals surface area contributed by atoms with E-state index in [1.54, 1.807) is 19.1 Å². The first-order chi connectivity index (χ1) is 8.90. The minimum Gasteiger partial charge on any atom is -0.478 e. The van der Waals surface area contributed by atoms with Crippen LogP contribution in [-0.4, -0.2) is 36.9 Å². The zero-order chi connectivity index (χ0) is 14.5. The van der Waals surface area contributed by atoms with E-state index >= 15 is 0 Å². The quantitative estimate of drug-likeness (QED) is 0.831. The van der Waals surface area contributed by atoms with E-state index in [4.69, 9.17) is 5.11 Å². The molecule has 6 heteroatoms. The molecule has 0 atom stereocenters. The van der Waals surface area contributed by atoms with Gasteiger partial charge >= 0.3 is 5.97 Å². The summed E-state index contributed by atoms with van der Waals surface area (Å²) in [4.78, 5) is 10.9. The van der Waals surface area contributed by atoms with Gasteiger partial charge in [-0.2, -0.15) is 0 Å². The van der Waals surface area contributed by atoms with Crippen molar-refractivity contribution in [2.45, 2.75) is 26.0 Å². The van der Waals surface area contributed by atoms with Crippen LogP contribution < -0.4 is 0 Å². The zero-order valence-corrected chi connectivity index (χ0v) is 12.0. The van der Waals surface area contributed by atoms with Crippen molar-refractivity contribution in [3.8, 4) is 0 Å². The number of hydrogen-bond acceptors (Lipinski definition) is 3. The second-order valence-electron chi connectivity index (χ2n) is 4.25. The molecule has 0 aliphatic heterocycles.